The lowest BCUT2D eigenvalue weighted by Gasteiger charge is -2.51. The summed E-state index contributed by atoms with van der Waals surface area (Å²) in [6.45, 7) is 6.26. The van der Waals surface area contributed by atoms with Crippen molar-refractivity contribution in [2.75, 3.05) is 20.2 Å². The number of hydrogen-bond donors (Lipinski definition) is 1. The number of fused-ring (bicyclic) bond motifs is 4. The fourth-order valence-corrected chi connectivity index (χ4v) is 4.52. The number of nitrogens with two attached hydrogens (primary N) is 1. The lowest BCUT2D eigenvalue weighted by molar-refractivity contribution is 0.00749. The average Bonchev–Trinajstić information content (AvgIpc) is 2.66. The van der Waals surface area contributed by atoms with Gasteiger partial charge in [-0.1, -0.05) is 6.08 Å². The molecule has 1 aromatic heterocycles. The summed E-state index contributed by atoms with van der Waals surface area (Å²) < 4.78 is 5.39. The van der Waals surface area contributed by atoms with Gasteiger partial charge in [-0.25, -0.2) is 0 Å². The normalized spacial score (nSPS) is 30.2. The Morgan fingerprint density at radius 3 is 3.00 bits per heavy atom. The van der Waals surface area contributed by atoms with E-state index in [0.717, 1.165) is 42.1 Å². The molecule has 4 nitrogen and oxygen atoms in total. The van der Waals surface area contributed by atoms with Crippen LogP contribution in [0.4, 0.5) is 0 Å². The second kappa shape index (κ2) is 6.19. The highest BCUT2D eigenvalue weighted by Gasteiger charge is 2.41. The Morgan fingerprint density at radius 2 is 2.29 bits per heavy atom. The summed E-state index contributed by atoms with van der Waals surface area (Å²) in [5, 5.41) is 1.10. The molecule has 0 amide bonds. The predicted molar refractivity (Wildman–Crippen MR) is 97.0 cm³/mol. The Kier molecular flexibility index (Phi) is 4.02. The zero-order valence-corrected chi connectivity index (χ0v) is 14.2. The first-order chi connectivity index (χ1) is 11.7. The van der Waals surface area contributed by atoms with Gasteiger partial charge in [0.05, 0.1) is 12.6 Å². The Labute approximate surface area is 143 Å². The maximum atomic E-state index is 6.76. The van der Waals surface area contributed by atoms with E-state index in [2.05, 4.69) is 34.7 Å². The topological polar surface area (TPSA) is 51.4 Å². The molecule has 1 aromatic carbocycles. The van der Waals surface area contributed by atoms with Gasteiger partial charge in [0, 0.05) is 30.2 Å². The number of piperidine rings is 3. The summed E-state index contributed by atoms with van der Waals surface area (Å²) in [5.74, 6) is 2.20. The van der Waals surface area contributed by atoms with Crippen LogP contribution < -0.4 is 10.5 Å². The zero-order chi connectivity index (χ0) is 16.7. The molecule has 0 spiro atoms. The first-order valence-electron chi connectivity index (χ1n) is 8.76. The highest BCUT2D eigenvalue weighted by Crippen LogP contribution is 2.41. The monoisotopic (exact) mass is 323 g/mol. The molecule has 5 rings (SSSR count). The summed E-state index contributed by atoms with van der Waals surface area (Å²) in [6, 6.07) is 8.48. The molecule has 24 heavy (non-hydrogen) atoms. The van der Waals surface area contributed by atoms with Crippen LogP contribution in [0.5, 0.6) is 5.75 Å². The van der Waals surface area contributed by atoms with E-state index in [0.29, 0.717) is 12.0 Å². The van der Waals surface area contributed by atoms with E-state index in [4.69, 9.17) is 10.5 Å². The van der Waals surface area contributed by atoms with Gasteiger partial charge in [0.2, 0.25) is 0 Å². The number of benzene rings is 1. The minimum atomic E-state index is -0.00354. The molecule has 3 aliphatic rings. The number of methoxy groups -OCH3 is 1. The van der Waals surface area contributed by atoms with E-state index in [1.54, 1.807) is 7.11 Å². The van der Waals surface area contributed by atoms with Crippen LogP contribution in [0, 0.1) is 11.8 Å². The van der Waals surface area contributed by atoms with E-state index >= 15 is 0 Å². The molecule has 2 bridgehead atoms. The van der Waals surface area contributed by atoms with E-state index in [-0.39, 0.29) is 6.04 Å². The average molecular weight is 323 g/mol. The molecule has 2 aromatic rings. The minimum Gasteiger partial charge on any atom is -0.497 e. The Morgan fingerprint density at radius 1 is 1.42 bits per heavy atom. The smallest absolute Gasteiger partial charge is 0.119 e. The van der Waals surface area contributed by atoms with Gasteiger partial charge in [0.1, 0.15) is 5.75 Å². The molecular formula is C20H25N3O. The van der Waals surface area contributed by atoms with Gasteiger partial charge in [0.15, 0.2) is 0 Å². The number of pyridine rings is 1. The third kappa shape index (κ3) is 2.50. The quantitative estimate of drug-likeness (QED) is 0.878. The van der Waals surface area contributed by atoms with E-state index in [1.165, 1.54) is 12.0 Å². The number of rotatable bonds is 4. The second-order valence-electron chi connectivity index (χ2n) is 7.06. The third-order valence-electron chi connectivity index (χ3n) is 5.91. The van der Waals surface area contributed by atoms with Crippen molar-refractivity contribution < 1.29 is 4.74 Å². The van der Waals surface area contributed by atoms with Crippen molar-refractivity contribution in [3.63, 3.8) is 0 Å². The van der Waals surface area contributed by atoms with Crippen molar-refractivity contribution in [2.45, 2.75) is 24.9 Å². The van der Waals surface area contributed by atoms with Gasteiger partial charge >= 0.3 is 0 Å². The summed E-state index contributed by atoms with van der Waals surface area (Å²) in [4.78, 5) is 7.04. The van der Waals surface area contributed by atoms with Crippen LogP contribution in [-0.2, 0) is 0 Å². The molecule has 126 valence electrons. The second-order valence-corrected chi connectivity index (χ2v) is 7.06. The van der Waals surface area contributed by atoms with Gasteiger partial charge in [-0.2, -0.15) is 0 Å². The van der Waals surface area contributed by atoms with Crippen LogP contribution >= 0.6 is 0 Å². The first-order valence-corrected chi connectivity index (χ1v) is 8.76. The standard InChI is InChI=1S/C20H25N3O/c1-3-13-12-23-9-7-14(13)10-19(23)20(21)16-6-8-22-18-5-4-15(24-2)11-17(16)18/h3-6,8,11,13-14,19-20H,1,7,9-10,12,21H2,2H3/t13-,14+,19+,20+/m0/s1. The van der Waals surface area contributed by atoms with Gasteiger partial charge in [-0.05, 0) is 61.1 Å². The summed E-state index contributed by atoms with van der Waals surface area (Å²) in [5.41, 5.74) is 8.91. The molecule has 2 N–H and O–H groups in total. The van der Waals surface area contributed by atoms with Gasteiger partial charge in [-0.3, -0.25) is 9.88 Å². The van der Waals surface area contributed by atoms with Crippen molar-refractivity contribution in [1.82, 2.24) is 9.88 Å². The van der Waals surface area contributed by atoms with Crippen molar-refractivity contribution in [3.8, 4) is 5.75 Å². The number of aromatic nitrogens is 1. The SMILES string of the molecule is C=C[C@H]1CN2CC[C@@H]1C[C@@H]2[C@H](N)c1ccnc2ccc(OC)cc12. The van der Waals surface area contributed by atoms with Crippen LogP contribution in [0.1, 0.15) is 24.4 Å². The van der Waals surface area contributed by atoms with Gasteiger partial charge < -0.3 is 10.5 Å². The summed E-state index contributed by atoms with van der Waals surface area (Å²) in [7, 11) is 1.69. The lowest BCUT2D eigenvalue weighted by atomic mass is 9.73. The molecule has 0 saturated carbocycles. The van der Waals surface area contributed by atoms with Crippen LogP contribution in [-0.4, -0.2) is 36.1 Å². The molecule has 3 aliphatic heterocycles. The fourth-order valence-electron chi connectivity index (χ4n) is 4.52. The lowest BCUT2D eigenvalue weighted by Crippen LogP contribution is -2.56. The first kappa shape index (κ1) is 15.6. The number of nitrogens with zero attached hydrogens (tertiary/aromatic N) is 2. The van der Waals surface area contributed by atoms with Crippen molar-refractivity contribution in [1.29, 1.82) is 0 Å². The predicted octanol–water partition coefficient (Wildman–Crippen LogP) is 3.14. The number of hydrogen-bond acceptors (Lipinski definition) is 4. The molecular weight excluding hydrogens is 298 g/mol. The van der Waals surface area contributed by atoms with Crippen LogP contribution in [0.25, 0.3) is 10.9 Å². The highest BCUT2D eigenvalue weighted by atomic mass is 16.5. The molecule has 0 radical (unpaired) electrons. The third-order valence-corrected chi connectivity index (χ3v) is 5.91. The molecule has 4 heteroatoms. The maximum absolute atomic E-state index is 6.76. The van der Waals surface area contributed by atoms with Crippen molar-refractivity contribution >= 4 is 10.9 Å². The Balaban J connectivity index is 1.69. The molecule has 5 atom stereocenters. The van der Waals surface area contributed by atoms with Crippen molar-refractivity contribution in [2.24, 2.45) is 17.6 Å². The number of ether oxygens (including phenoxy) is 1. The largest absolute Gasteiger partial charge is 0.497 e. The Hall–Kier alpha value is -1.91. The molecule has 0 aliphatic carbocycles. The molecule has 3 fully saturated rings. The fraction of sp³-hybridized carbons (Fsp3) is 0.450. The zero-order valence-electron chi connectivity index (χ0n) is 14.2. The molecule has 4 heterocycles. The van der Waals surface area contributed by atoms with E-state index in [1.807, 2.05) is 18.3 Å². The van der Waals surface area contributed by atoms with E-state index in [9.17, 15) is 0 Å². The molecule has 3 saturated heterocycles. The van der Waals surface area contributed by atoms with Crippen LogP contribution in [0.3, 0.4) is 0 Å². The minimum absolute atomic E-state index is 0.00354. The summed E-state index contributed by atoms with van der Waals surface area (Å²) >= 11 is 0. The summed E-state index contributed by atoms with van der Waals surface area (Å²) in [6.07, 6.45) is 6.43. The van der Waals surface area contributed by atoms with Gasteiger partial charge in [0.25, 0.3) is 0 Å². The van der Waals surface area contributed by atoms with Crippen molar-refractivity contribution in [3.05, 3.63) is 48.7 Å². The van der Waals surface area contributed by atoms with Crippen LogP contribution in [0.2, 0.25) is 0 Å². The maximum Gasteiger partial charge on any atom is 0.119 e. The highest BCUT2D eigenvalue weighted by molar-refractivity contribution is 5.84. The van der Waals surface area contributed by atoms with Gasteiger partial charge in [-0.15, -0.1) is 6.58 Å². The Bertz CT molecular complexity index is 760. The van der Waals surface area contributed by atoms with Crippen LogP contribution in [0.15, 0.2) is 43.1 Å². The van der Waals surface area contributed by atoms with E-state index < -0.39 is 0 Å². The molecule has 1 unspecified atom stereocenters.